The first kappa shape index (κ1) is 13.7. The van der Waals surface area contributed by atoms with E-state index < -0.39 is 0 Å². The normalized spacial score (nSPS) is 22.3. The molecule has 0 amide bonds. The first-order valence-electron chi connectivity index (χ1n) is 8.41. The molecule has 0 aliphatic heterocycles. The van der Waals surface area contributed by atoms with Crippen molar-refractivity contribution in [1.82, 2.24) is 10.3 Å². The Balaban J connectivity index is 1.33. The Hall–Kier alpha value is -0.930. The van der Waals surface area contributed by atoms with Crippen molar-refractivity contribution in [2.24, 2.45) is 5.41 Å². The fraction of sp³-hybridized carbons (Fsp3) is 0.611. The number of benzene rings is 1. The Morgan fingerprint density at radius 3 is 2.62 bits per heavy atom. The molecule has 2 fully saturated rings. The van der Waals surface area contributed by atoms with E-state index in [1.54, 1.807) is 0 Å². The molecule has 1 spiro atoms. The van der Waals surface area contributed by atoms with Gasteiger partial charge in [0.05, 0.1) is 10.2 Å². The average Bonchev–Trinajstić information content (AvgIpc) is 3.13. The molecule has 1 aromatic carbocycles. The van der Waals surface area contributed by atoms with Gasteiger partial charge in [0.1, 0.15) is 5.01 Å². The number of hydrogen-bond donors (Lipinski definition) is 1. The molecule has 2 aromatic rings. The number of fused-ring (bicyclic) bond motifs is 1. The van der Waals surface area contributed by atoms with Crippen LogP contribution in [0.2, 0.25) is 0 Å². The summed E-state index contributed by atoms with van der Waals surface area (Å²) in [4.78, 5) is 4.72. The van der Waals surface area contributed by atoms with Crippen LogP contribution < -0.4 is 5.32 Å². The van der Waals surface area contributed by atoms with Crippen LogP contribution in [0.1, 0.15) is 56.4 Å². The van der Waals surface area contributed by atoms with Crippen LogP contribution >= 0.6 is 11.3 Å². The van der Waals surface area contributed by atoms with Crippen LogP contribution in [0.3, 0.4) is 0 Å². The lowest BCUT2D eigenvalue weighted by Crippen LogP contribution is -2.36. The third-order valence-electron chi connectivity index (χ3n) is 5.59. The van der Waals surface area contributed by atoms with Crippen LogP contribution in [0.5, 0.6) is 0 Å². The van der Waals surface area contributed by atoms with Gasteiger partial charge in [-0.05, 0) is 56.1 Å². The molecule has 0 bridgehead atoms. The van der Waals surface area contributed by atoms with E-state index in [2.05, 4.69) is 29.6 Å². The molecule has 2 saturated carbocycles. The van der Waals surface area contributed by atoms with E-state index in [-0.39, 0.29) is 0 Å². The molecule has 1 aromatic heterocycles. The monoisotopic (exact) mass is 300 g/mol. The third kappa shape index (κ3) is 2.86. The lowest BCUT2D eigenvalue weighted by atomic mass is 9.71. The molecule has 2 aliphatic rings. The van der Waals surface area contributed by atoms with Gasteiger partial charge in [-0.3, -0.25) is 0 Å². The zero-order valence-corrected chi connectivity index (χ0v) is 13.4. The first-order chi connectivity index (χ1) is 10.3. The van der Waals surface area contributed by atoms with Crippen molar-refractivity contribution in [1.29, 1.82) is 0 Å². The van der Waals surface area contributed by atoms with Crippen molar-refractivity contribution in [3.05, 3.63) is 29.3 Å². The highest BCUT2D eigenvalue weighted by Gasteiger charge is 2.37. The number of aromatic nitrogens is 1. The van der Waals surface area contributed by atoms with Gasteiger partial charge in [0, 0.05) is 12.6 Å². The van der Waals surface area contributed by atoms with E-state index in [1.807, 2.05) is 11.3 Å². The summed E-state index contributed by atoms with van der Waals surface area (Å²) >= 11 is 1.83. The van der Waals surface area contributed by atoms with E-state index in [9.17, 15) is 0 Å². The van der Waals surface area contributed by atoms with Crippen LogP contribution in [0.15, 0.2) is 24.3 Å². The quantitative estimate of drug-likeness (QED) is 0.873. The summed E-state index contributed by atoms with van der Waals surface area (Å²) in [6, 6.07) is 9.16. The molecule has 2 nitrogen and oxygen atoms in total. The molecular weight excluding hydrogens is 276 g/mol. The highest BCUT2D eigenvalue weighted by molar-refractivity contribution is 7.18. The molecule has 0 saturated heterocycles. The van der Waals surface area contributed by atoms with Crippen LogP contribution in [-0.2, 0) is 6.54 Å². The minimum absolute atomic E-state index is 0.711. The fourth-order valence-corrected chi connectivity index (χ4v) is 5.20. The summed E-state index contributed by atoms with van der Waals surface area (Å²) in [6.45, 7) is 0.941. The van der Waals surface area contributed by atoms with Crippen LogP contribution in [-0.4, -0.2) is 11.0 Å². The van der Waals surface area contributed by atoms with Gasteiger partial charge in [0.15, 0.2) is 0 Å². The van der Waals surface area contributed by atoms with Gasteiger partial charge in [0.25, 0.3) is 0 Å². The minimum atomic E-state index is 0.711. The molecule has 2 aliphatic carbocycles. The third-order valence-corrected chi connectivity index (χ3v) is 6.63. The van der Waals surface area contributed by atoms with E-state index in [4.69, 9.17) is 4.98 Å². The summed E-state index contributed by atoms with van der Waals surface area (Å²) in [5.41, 5.74) is 1.89. The van der Waals surface area contributed by atoms with Crippen molar-refractivity contribution < 1.29 is 0 Å². The second kappa shape index (κ2) is 5.69. The van der Waals surface area contributed by atoms with Crippen molar-refractivity contribution >= 4 is 21.6 Å². The molecule has 21 heavy (non-hydrogen) atoms. The molecule has 112 valence electrons. The largest absolute Gasteiger partial charge is 0.308 e. The predicted octanol–water partition coefficient (Wildman–Crippen LogP) is 4.89. The van der Waals surface area contributed by atoms with E-state index in [1.165, 1.54) is 61.1 Å². The lowest BCUT2D eigenvalue weighted by molar-refractivity contribution is 0.168. The van der Waals surface area contributed by atoms with Crippen molar-refractivity contribution in [3.8, 4) is 0 Å². The Morgan fingerprint density at radius 1 is 1.10 bits per heavy atom. The number of rotatable bonds is 3. The lowest BCUT2D eigenvalue weighted by Gasteiger charge is -2.37. The molecule has 1 N–H and O–H groups in total. The smallest absolute Gasteiger partial charge is 0.108 e. The minimum Gasteiger partial charge on any atom is -0.308 e. The van der Waals surface area contributed by atoms with E-state index >= 15 is 0 Å². The highest BCUT2D eigenvalue weighted by Crippen LogP contribution is 2.48. The zero-order valence-electron chi connectivity index (χ0n) is 12.6. The van der Waals surface area contributed by atoms with Gasteiger partial charge in [-0.25, -0.2) is 4.98 Å². The van der Waals surface area contributed by atoms with Gasteiger partial charge in [0.2, 0.25) is 0 Å². The molecule has 0 radical (unpaired) electrons. The van der Waals surface area contributed by atoms with Crippen molar-refractivity contribution in [3.63, 3.8) is 0 Å². The Labute approximate surface area is 131 Å². The van der Waals surface area contributed by atoms with Gasteiger partial charge in [-0.2, -0.15) is 0 Å². The molecule has 3 heteroatoms. The SMILES string of the molecule is c1ccc2sc(CNC3CCC4(CCCC4)CC3)nc2c1. The number of hydrogen-bond acceptors (Lipinski definition) is 3. The first-order valence-corrected chi connectivity index (χ1v) is 9.23. The van der Waals surface area contributed by atoms with Crippen LogP contribution in [0.25, 0.3) is 10.2 Å². The Bertz CT molecular complexity index is 569. The Kier molecular flexibility index (Phi) is 3.72. The summed E-state index contributed by atoms with van der Waals surface area (Å²) < 4.78 is 1.31. The maximum atomic E-state index is 4.72. The summed E-state index contributed by atoms with van der Waals surface area (Å²) in [6.07, 6.45) is 11.6. The summed E-state index contributed by atoms with van der Waals surface area (Å²) in [5, 5.41) is 4.99. The van der Waals surface area contributed by atoms with Gasteiger partial charge >= 0.3 is 0 Å². The number of nitrogens with one attached hydrogen (secondary N) is 1. The number of thiazole rings is 1. The summed E-state index contributed by atoms with van der Waals surface area (Å²) in [7, 11) is 0. The number of para-hydroxylation sites is 1. The van der Waals surface area contributed by atoms with E-state index in [0.717, 1.165) is 17.5 Å². The predicted molar refractivity (Wildman–Crippen MR) is 89.6 cm³/mol. The maximum absolute atomic E-state index is 4.72. The van der Waals surface area contributed by atoms with Crippen LogP contribution in [0.4, 0.5) is 0 Å². The highest BCUT2D eigenvalue weighted by atomic mass is 32.1. The molecule has 0 atom stereocenters. The second-order valence-corrected chi connectivity index (χ2v) is 8.05. The molecule has 4 rings (SSSR count). The van der Waals surface area contributed by atoms with Gasteiger partial charge in [-0.15, -0.1) is 11.3 Å². The van der Waals surface area contributed by atoms with Gasteiger partial charge in [-0.1, -0.05) is 25.0 Å². The Morgan fingerprint density at radius 2 is 1.86 bits per heavy atom. The van der Waals surface area contributed by atoms with Crippen molar-refractivity contribution in [2.75, 3.05) is 0 Å². The average molecular weight is 300 g/mol. The second-order valence-electron chi connectivity index (χ2n) is 6.94. The van der Waals surface area contributed by atoms with E-state index in [0.29, 0.717) is 6.04 Å². The number of nitrogens with zero attached hydrogens (tertiary/aromatic N) is 1. The zero-order chi connectivity index (χ0) is 14.1. The van der Waals surface area contributed by atoms with Crippen molar-refractivity contribution in [2.45, 2.75) is 64.0 Å². The summed E-state index contributed by atoms with van der Waals surface area (Å²) in [5.74, 6) is 0. The molecule has 0 unspecified atom stereocenters. The van der Waals surface area contributed by atoms with Crippen LogP contribution in [0, 0.1) is 5.41 Å². The standard InChI is InChI=1S/C18H24N2S/c1-2-6-16-15(5-1)20-17(21-16)13-19-14-7-11-18(12-8-14)9-3-4-10-18/h1-2,5-6,14,19H,3-4,7-13H2. The van der Waals surface area contributed by atoms with Gasteiger partial charge < -0.3 is 5.32 Å². The molecule has 1 heterocycles. The maximum Gasteiger partial charge on any atom is 0.108 e. The fourth-order valence-electron chi connectivity index (χ4n) is 4.29. The topological polar surface area (TPSA) is 24.9 Å². The molecular formula is C18H24N2S.